The van der Waals surface area contributed by atoms with Crippen molar-refractivity contribution in [2.45, 2.75) is 52.2 Å². The van der Waals surface area contributed by atoms with Crippen LogP contribution in [-0.4, -0.2) is 64.3 Å². The van der Waals surface area contributed by atoms with Gasteiger partial charge in [0.25, 0.3) is 0 Å². The van der Waals surface area contributed by atoms with E-state index in [1.54, 1.807) is 36.5 Å². The molecule has 11 nitrogen and oxygen atoms in total. The van der Waals surface area contributed by atoms with E-state index in [0.29, 0.717) is 39.0 Å². The highest BCUT2D eigenvalue weighted by atomic mass is 79.9. The topological polar surface area (TPSA) is 136 Å². The first-order valence-electron chi connectivity index (χ1n) is 12.6. The minimum atomic E-state index is -0.775. The molecule has 0 bridgehead atoms. The number of halogens is 2. The molecule has 204 valence electrons. The summed E-state index contributed by atoms with van der Waals surface area (Å²) in [5.41, 5.74) is 1.78. The molecule has 13 heteroatoms. The van der Waals surface area contributed by atoms with Crippen LogP contribution in [0.4, 0.5) is 10.1 Å². The maximum absolute atomic E-state index is 14.3. The highest BCUT2D eigenvalue weighted by molar-refractivity contribution is 9.10. The molecule has 40 heavy (non-hydrogen) atoms. The Bertz CT molecular complexity index is 1710. The van der Waals surface area contributed by atoms with Gasteiger partial charge in [0, 0.05) is 36.3 Å². The molecule has 4 aromatic heterocycles. The largest absolute Gasteiger partial charge is 0.325 e. The second-order valence-electron chi connectivity index (χ2n) is 10.5. The van der Waals surface area contributed by atoms with Gasteiger partial charge >= 0.3 is 0 Å². The van der Waals surface area contributed by atoms with Crippen molar-refractivity contribution in [2.75, 3.05) is 5.32 Å². The van der Waals surface area contributed by atoms with Gasteiger partial charge in [-0.2, -0.15) is 5.10 Å². The predicted octanol–water partition coefficient (Wildman–Crippen LogP) is 3.71. The summed E-state index contributed by atoms with van der Waals surface area (Å²) in [6, 6.07) is 2.23. The fourth-order valence-corrected chi connectivity index (χ4v) is 5.76. The minimum Gasteiger partial charge on any atom is -0.325 e. The zero-order valence-corrected chi connectivity index (χ0v) is 23.4. The van der Waals surface area contributed by atoms with E-state index in [0.717, 1.165) is 12.6 Å². The van der Waals surface area contributed by atoms with Gasteiger partial charge in [-0.25, -0.2) is 19.3 Å². The Morgan fingerprint density at radius 2 is 1.85 bits per heavy atom. The summed E-state index contributed by atoms with van der Waals surface area (Å²) in [7, 11) is 0. The summed E-state index contributed by atoms with van der Waals surface area (Å²) in [6.07, 6.45) is 7.12. The van der Waals surface area contributed by atoms with Gasteiger partial charge in [0.2, 0.25) is 11.8 Å². The second kappa shape index (κ2) is 9.51. The normalized spacial score (nSPS) is 21.4. The lowest BCUT2D eigenvalue weighted by atomic mass is 10.0. The lowest BCUT2D eigenvalue weighted by molar-refractivity contribution is -0.138. The number of fused-ring (bicyclic) bond motifs is 2. The first kappa shape index (κ1) is 26.1. The SMILES string of the molecule is CC(=O)c1nn(CC(=O)N2[C@H](C(=O)Nc3cc(Br)ncc3F)C[C@@]3(C)C[C@@H]23)c2cnc(-c3cnc(C)nc3)cc12. The summed E-state index contributed by atoms with van der Waals surface area (Å²) in [4.78, 5) is 57.7. The molecule has 3 atom stereocenters. The number of piperidine rings is 1. The molecule has 1 saturated carbocycles. The van der Waals surface area contributed by atoms with Gasteiger partial charge in [-0.15, -0.1) is 0 Å². The third-order valence-corrected chi connectivity index (χ3v) is 8.07. The van der Waals surface area contributed by atoms with Crippen molar-refractivity contribution >= 4 is 50.1 Å². The fraction of sp³-hybridized carbons (Fsp3) is 0.333. The Morgan fingerprint density at radius 1 is 1.10 bits per heavy atom. The molecule has 2 amide bonds. The molecule has 0 radical (unpaired) electrons. The number of aryl methyl sites for hydroxylation is 1. The van der Waals surface area contributed by atoms with Crippen LogP contribution in [-0.2, 0) is 16.1 Å². The molecule has 1 aliphatic heterocycles. The van der Waals surface area contributed by atoms with E-state index >= 15 is 0 Å². The van der Waals surface area contributed by atoms with E-state index in [9.17, 15) is 18.8 Å². The highest BCUT2D eigenvalue weighted by Crippen LogP contribution is 2.59. The summed E-state index contributed by atoms with van der Waals surface area (Å²) >= 11 is 3.18. The molecule has 0 spiro atoms. The maximum Gasteiger partial charge on any atom is 0.247 e. The predicted molar refractivity (Wildman–Crippen MR) is 146 cm³/mol. The van der Waals surface area contributed by atoms with Gasteiger partial charge in [0.1, 0.15) is 28.7 Å². The summed E-state index contributed by atoms with van der Waals surface area (Å²) in [5.74, 6) is -1.10. The standard InChI is InChI=1S/C27H24BrFN8O3/c1-13(38)25-16-4-18(15-8-30-14(2)31-9-15)32-11-21(16)36(35-25)12-24(39)37-20(6-27(3)7-22(27)37)26(40)34-19-5-23(28)33-10-17(19)29/h4-5,8-11,20,22H,6-7,12H2,1-3H3,(H,33,34,40)/t20-,22+,27-/m0/s1. The number of likely N-dealkylation sites (tertiary alicyclic amines) is 1. The third-order valence-electron chi connectivity index (χ3n) is 7.64. The average molecular weight is 607 g/mol. The first-order valence-corrected chi connectivity index (χ1v) is 13.4. The van der Waals surface area contributed by atoms with E-state index in [2.05, 4.69) is 46.3 Å². The van der Waals surface area contributed by atoms with Crippen LogP contribution in [0.15, 0.2) is 41.5 Å². The highest BCUT2D eigenvalue weighted by Gasteiger charge is 2.64. The van der Waals surface area contributed by atoms with Crippen LogP contribution in [0.5, 0.6) is 0 Å². The summed E-state index contributed by atoms with van der Waals surface area (Å²) < 4.78 is 16.1. The molecule has 1 N–H and O–H groups in total. The smallest absolute Gasteiger partial charge is 0.247 e. The zero-order chi connectivity index (χ0) is 28.3. The molecule has 0 unspecified atom stereocenters. The van der Waals surface area contributed by atoms with Crippen LogP contribution in [0.2, 0.25) is 0 Å². The molecule has 2 fully saturated rings. The van der Waals surface area contributed by atoms with Gasteiger partial charge in [-0.3, -0.25) is 24.0 Å². The molecule has 0 aromatic carbocycles. The van der Waals surface area contributed by atoms with Crippen LogP contribution in [0, 0.1) is 18.2 Å². The molecule has 6 rings (SSSR count). The number of carbonyl (C=O) groups excluding carboxylic acids is 3. The third kappa shape index (κ3) is 4.53. The molecule has 1 saturated heterocycles. The Balaban J connectivity index is 1.29. The number of pyridine rings is 2. The Labute approximate surface area is 236 Å². The van der Waals surface area contributed by atoms with E-state index in [1.165, 1.54) is 17.7 Å². The van der Waals surface area contributed by atoms with Crippen LogP contribution in [0.3, 0.4) is 0 Å². The van der Waals surface area contributed by atoms with Gasteiger partial charge in [-0.05, 0) is 53.2 Å². The first-order chi connectivity index (χ1) is 19.0. The number of ketones is 1. The lowest BCUT2D eigenvalue weighted by Gasteiger charge is -2.27. The fourth-order valence-electron chi connectivity index (χ4n) is 5.43. The minimum absolute atomic E-state index is 0.0185. The number of carbonyl (C=O) groups is 3. The number of amides is 2. The molecular formula is C27H24BrFN8O3. The Morgan fingerprint density at radius 3 is 2.58 bits per heavy atom. The Hall–Kier alpha value is -4.13. The van der Waals surface area contributed by atoms with Crippen LogP contribution < -0.4 is 5.32 Å². The lowest BCUT2D eigenvalue weighted by Crippen LogP contribution is -2.46. The summed E-state index contributed by atoms with van der Waals surface area (Å²) in [6.45, 7) is 5.04. The Kier molecular flexibility index (Phi) is 6.21. The number of anilines is 1. The van der Waals surface area contributed by atoms with Crippen LogP contribution in [0.25, 0.3) is 22.2 Å². The number of nitrogens with zero attached hydrogens (tertiary/aromatic N) is 7. The van der Waals surface area contributed by atoms with Crippen molar-refractivity contribution in [1.29, 1.82) is 0 Å². The van der Waals surface area contributed by atoms with Crippen molar-refractivity contribution in [3.8, 4) is 11.3 Å². The number of Topliss-reactive ketones (excluding diaryl/α,β-unsaturated/α-hetero) is 1. The van der Waals surface area contributed by atoms with Gasteiger partial charge in [0.15, 0.2) is 11.6 Å². The summed E-state index contributed by atoms with van der Waals surface area (Å²) in [5, 5.41) is 7.61. The van der Waals surface area contributed by atoms with Crippen molar-refractivity contribution < 1.29 is 18.8 Å². The van der Waals surface area contributed by atoms with Crippen molar-refractivity contribution in [3.63, 3.8) is 0 Å². The maximum atomic E-state index is 14.3. The van der Waals surface area contributed by atoms with E-state index in [4.69, 9.17) is 0 Å². The van der Waals surface area contributed by atoms with Crippen LogP contribution in [0.1, 0.15) is 43.0 Å². The van der Waals surface area contributed by atoms with Gasteiger partial charge in [0.05, 0.1) is 29.3 Å². The number of aromatic nitrogens is 6. The van der Waals surface area contributed by atoms with Crippen molar-refractivity contribution in [3.05, 3.63) is 58.9 Å². The number of nitrogens with one attached hydrogen (secondary N) is 1. The number of hydrogen-bond acceptors (Lipinski definition) is 8. The molecule has 2 aliphatic rings. The van der Waals surface area contributed by atoms with Gasteiger partial charge in [-0.1, -0.05) is 6.92 Å². The average Bonchev–Trinajstić information content (AvgIpc) is 3.28. The molecule has 4 aromatic rings. The number of hydrogen-bond donors (Lipinski definition) is 1. The van der Waals surface area contributed by atoms with Gasteiger partial charge < -0.3 is 10.2 Å². The quantitative estimate of drug-likeness (QED) is 0.259. The van der Waals surface area contributed by atoms with Crippen LogP contribution >= 0.6 is 15.9 Å². The number of rotatable bonds is 6. The molecule has 1 aliphatic carbocycles. The second-order valence-corrected chi connectivity index (χ2v) is 11.4. The monoisotopic (exact) mass is 606 g/mol. The van der Waals surface area contributed by atoms with E-state index in [1.807, 2.05) is 6.92 Å². The zero-order valence-electron chi connectivity index (χ0n) is 21.9. The van der Waals surface area contributed by atoms with Crippen molar-refractivity contribution in [2.24, 2.45) is 5.41 Å². The molecule has 5 heterocycles. The molecular weight excluding hydrogens is 583 g/mol. The van der Waals surface area contributed by atoms with E-state index < -0.39 is 17.8 Å². The van der Waals surface area contributed by atoms with Crippen molar-refractivity contribution in [1.82, 2.24) is 34.6 Å². The van der Waals surface area contributed by atoms with E-state index in [-0.39, 0.29) is 41.1 Å².